The van der Waals surface area contributed by atoms with Crippen molar-refractivity contribution in [3.8, 4) is 0 Å². The van der Waals surface area contributed by atoms with Crippen LogP contribution in [0.5, 0.6) is 0 Å². The second-order valence-electron chi connectivity index (χ2n) is 4.92. The molecule has 1 aromatic rings. The van der Waals surface area contributed by atoms with E-state index in [0.717, 1.165) is 18.4 Å². The molecule has 0 radical (unpaired) electrons. The first-order valence-corrected chi connectivity index (χ1v) is 7.33. The Morgan fingerprint density at radius 3 is 2.56 bits per heavy atom. The van der Waals surface area contributed by atoms with E-state index in [1.54, 1.807) is 11.3 Å². The zero-order valence-electron chi connectivity index (χ0n) is 11.0. The van der Waals surface area contributed by atoms with Crippen molar-refractivity contribution in [3.05, 3.63) is 22.4 Å². The molecule has 0 spiro atoms. The van der Waals surface area contributed by atoms with Gasteiger partial charge in [0.2, 0.25) is 0 Å². The van der Waals surface area contributed by atoms with Crippen LogP contribution in [0.4, 0.5) is 0 Å². The van der Waals surface area contributed by atoms with Crippen LogP contribution in [0.25, 0.3) is 0 Å². The van der Waals surface area contributed by atoms with Gasteiger partial charge in [-0.2, -0.15) is 11.3 Å². The van der Waals surface area contributed by atoms with Gasteiger partial charge in [-0.1, -0.05) is 20.8 Å². The second-order valence-corrected chi connectivity index (χ2v) is 5.70. The van der Waals surface area contributed by atoms with Gasteiger partial charge in [-0.25, -0.2) is 0 Å². The third-order valence-corrected chi connectivity index (χ3v) is 4.10. The average molecular weight is 239 g/mol. The van der Waals surface area contributed by atoms with Gasteiger partial charge in [-0.3, -0.25) is 0 Å². The summed E-state index contributed by atoms with van der Waals surface area (Å²) in [5.74, 6) is 1.53. The van der Waals surface area contributed by atoms with Gasteiger partial charge in [-0.15, -0.1) is 0 Å². The summed E-state index contributed by atoms with van der Waals surface area (Å²) in [5.41, 5.74) is 1.50. The maximum absolute atomic E-state index is 3.56. The molecule has 2 atom stereocenters. The van der Waals surface area contributed by atoms with Gasteiger partial charge in [0.25, 0.3) is 0 Å². The standard InChI is InChI=1S/C14H25NS/c1-5-15-12(4)14(11(2)3)7-6-13-8-9-16-10-13/h8-12,14-15H,5-7H2,1-4H3. The summed E-state index contributed by atoms with van der Waals surface area (Å²) in [6, 6.07) is 2.88. The molecule has 1 rings (SSSR count). The Kier molecular flexibility index (Phi) is 6.07. The Labute approximate surface area is 104 Å². The Morgan fingerprint density at radius 2 is 2.06 bits per heavy atom. The number of rotatable bonds is 7. The number of nitrogens with one attached hydrogen (secondary N) is 1. The van der Waals surface area contributed by atoms with Gasteiger partial charge in [-0.05, 0) is 60.5 Å². The molecule has 1 N–H and O–H groups in total. The molecule has 0 bridgehead atoms. The van der Waals surface area contributed by atoms with Crippen LogP contribution in [0.2, 0.25) is 0 Å². The molecule has 1 heterocycles. The van der Waals surface area contributed by atoms with E-state index in [1.165, 1.54) is 18.4 Å². The van der Waals surface area contributed by atoms with Crippen molar-refractivity contribution in [2.75, 3.05) is 6.54 Å². The molecule has 1 aromatic heterocycles. The van der Waals surface area contributed by atoms with E-state index < -0.39 is 0 Å². The highest BCUT2D eigenvalue weighted by Crippen LogP contribution is 2.22. The topological polar surface area (TPSA) is 12.0 Å². The lowest BCUT2D eigenvalue weighted by molar-refractivity contribution is 0.276. The van der Waals surface area contributed by atoms with E-state index in [9.17, 15) is 0 Å². The third kappa shape index (κ3) is 4.26. The van der Waals surface area contributed by atoms with E-state index in [-0.39, 0.29) is 0 Å². The quantitative estimate of drug-likeness (QED) is 0.759. The highest BCUT2D eigenvalue weighted by atomic mass is 32.1. The molecule has 2 heteroatoms. The summed E-state index contributed by atoms with van der Waals surface area (Å²) in [4.78, 5) is 0. The van der Waals surface area contributed by atoms with Crippen molar-refractivity contribution >= 4 is 11.3 Å². The molecule has 0 aliphatic rings. The van der Waals surface area contributed by atoms with E-state index in [4.69, 9.17) is 0 Å². The third-order valence-electron chi connectivity index (χ3n) is 3.37. The molecule has 0 amide bonds. The predicted molar refractivity (Wildman–Crippen MR) is 74.1 cm³/mol. The summed E-state index contributed by atoms with van der Waals surface area (Å²) in [5, 5.41) is 8.01. The van der Waals surface area contributed by atoms with Gasteiger partial charge in [0, 0.05) is 6.04 Å². The minimum atomic E-state index is 0.628. The van der Waals surface area contributed by atoms with E-state index in [2.05, 4.69) is 49.8 Å². The highest BCUT2D eigenvalue weighted by Gasteiger charge is 2.19. The molecule has 0 saturated carbocycles. The molecule has 1 nitrogen and oxygen atoms in total. The normalized spacial score (nSPS) is 15.3. The minimum absolute atomic E-state index is 0.628. The smallest absolute Gasteiger partial charge is 0.00694 e. The lowest BCUT2D eigenvalue weighted by Crippen LogP contribution is -2.36. The van der Waals surface area contributed by atoms with Crippen LogP contribution in [0.1, 0.15) is 39.7 Å². The molecule has 0 aromatic carbocycles. The van der Waals surface area contributed by atoms with Crippen LogP contribution in [0.3, 0.4) is 0 Å². The number of aryl methyl sites for hydroxylation is 1. The second kappa shape index (κ2) is 7.08. The SMILES string of the molecule is CCNC(C)C(CCc1ccsc1)C(C)C. The van der Waals surface area contributed by atoms with Crippen LogP contribution in [0.15, 0.2) is 16.8 Å². The first kappa shape index (κ1) is 13.7. The van der Waals surface area contributed by atoms with Crippen molar-refractivity contribution in [3.63, 3.8) is 0 Å². The summed E-state index contributed by atoms with van der Waals surface area (Å²) >= 11 is 1.80. The summed E-state index contributed by atoms with van der Waals surface area (Å²) in [6.07, 6.45) is 2.52. The lowest BCUT2D eigenvalue weighted by atomic mass is 9.84. The Bertz CT molecular complexity index is 266. The van der Waals surface area contributed by atoms with Gasteiger partial charge in [0.15, 0.2) is 0 Å². The number of hydrogen-bond acceptors (Lipinski definition) is 2. The van der Waals surface area contributed by atoms with Crippen LogP contribution in [0, 0.1) is 11.8 Å². The first-order valence-electron chi connectivity index (χ1n) is 6.39. The summed E-state index contributed by atoms with van der Waals surface area (Å²) < 4.78 is 0. The van der Waals surface area contributed by atoms with Crippen LogP contribution in [-0.2, 0) is 6.42 Å². The molecular weight excluding hydrogens is 214 g/mol. The van der Waals surface area contributed by atoms with Gasteiger partial charge in [0.05, 0.1) is 0 Å². The molecule has 16 heavy (non-hydrogen) atoms. The highest BCUT2D eigenvalue weighted by molar-refractivity contribution is 7.07. The Hall–Kier alpha value is -0.340. The van der Waals surface area contributed by atoms with Crippen LogP contribution >= 0.6 is 11.3 Å². The van der Waals surface area contributed by atoms with Crippen LogP contribution < -0.4 is 5.32 Å². The van der Waals surface area contributed by atoms with Crippen molar-refractivity contribution < 1.29 is 0 Å². The largest absolute Gasteiger partial charge is 0.314 e. The van der Waals surface area contributed by atoms with Crippen LogP contribution in [-0.4, -0.2) is 12.6 Å². The fourth-order valence-electron chi connectivity index (χ4n) is 2.40. The van der Waals surface area contributed by atoms with Crippen molar-refractivity contribution in [1.29, 1.82) is 0 Å². The van der Waals surface area contributed by atoms with E-state index >= 15 is 0 Å². The summed E-state index contributed by atoms with van der Waals surface area (Å²) in [6.45, 7) is 10.3. The van der Waals surface area contributed by atoms with Gasteiger partial charge in [0.1, 0.15) is 0 Å². The minimum Gasteiger partial charge on any atom is -0.314 e. The molecule has 0 saturated heterocycles. The molecule has 0 aliphatic carbocycles. The monoisotopic (exact) mass is 239 g/mol. The Balaban J connectivity index is 2.45. The fraction of sp³-hybridized carbons (Fsp3) is 0.714. The molecule has 0 aliphatic heterocycles. The first-order chi connectivity index (χ1) is 7.65. The zero-order valence-corrected chi connectivity index (χ0v) is 11.8. The van der Waals surface area contributed by atoms with Crippen molar-refractivity contribution in [1.82, 2.24) is 5.32 Å². The van der Waals surface area contributed by atoms with E-state index in [0.29, 0.717) is 6.04 Å². The zero-order chi connectivity index (χ0) is 12.0. The number of hydrogen-bond donors (Lipinski definition) is 1. The molecule has 92 valence electrons. The maximum atomic E-state index is 3.56. The summed E-state index contributed by atoms with van der Waals surface area (Å²) in [7, 11) is 0. The molecular formula is C14H25NS. The van der Waals surface area contributed by atoms with E-state index in [1.807, 2.05) is 0 Å². The van der Waals surface area contributed by atoms with Crippen molar-refractivity contribution in [2.24, 2.45) is 11.8 Å². The predicted octanol–water partition coefficient (Wildman–Crippen LogP) is 3.95. The fourth-order valence-corrected chi connectivity index (χ4v) is 3.11. The number of thiophene rings is 1. The maximum Gasteiger partial charge on any atom is 0.00694 e. The Morgan fingerprint density at radius 1 is 1.31 bits per heavy atom. The van der Waals surface area contributed by atoms with Crippen molar-refractivity contribution in [2.45, 2.75) is 46.6 Å². The molecule has 2 unspecified atom stereocenters. The molecule has 0 fully saturated rings. The average Bonchev–Trinajstić information content (AvgIpc) is 2.70. The van der Waals surface area contributed by atoms with Gasteiger partial charge >= 0.3 is 0 Å². The lowest BCUT2D eigenvalue weighted by Gasteiger charge is -2.28. The van der Waals surface area contributed by atoms with Gasteiger partial charge < -0.3 is 5.32 Å².